The standard InChI is InChI=1S/C15H23NO2/c1-10-9-11(14(2,3)4)7-8-12(10)16-15(5,6)13(17)18/h7-9,16H,1-6H3,(H,17,18). The number of aryl methyl sites for hydroxylation is 1. The Morgan fingerprint density at radius 3 is 2.11 bits per heavy atom. The van der Waals surface area contributed by atoms with Gasteiger partial charge in [-0.3, -0.25) is 0 Å². The van der Waals surface area contributed by atoms with Crippen molar-refractivity contribution in [2.24, 2.45) is 0 Å². The van der Waals surface area contributed by atoms with Crippen LogP contribution in [0.15, 0.2) is 18.2 Å². The first kappa shape index (κ1) is 14.6. The fraction of sp³-hybridized carbons (Fsp3) is 0.533. The normalized spacial score (nSPS) is 12.3. The van der Waals surface area contributed by atoms with Gasteiger partial charge in [-0.05, 0) is 43.4 Å². The number of hydrogen-bond donors (Lipinski definition) is 2. The highest BCUT2D eigenvalue weighted by Crippen LogP contribution is 2.27. The van der Waals surface area contributed by atoms with Crippen molar-refractivity contribution in [3.63, 3.8) is 0 Å². The van der Waals surface area contributed by atoms with Gasteiger partial charge < -0.3 is 10.4 Å². The van der Waals surface area contributed by atoms with Crippen molar-refractivity contribution >= 4 is 11.7 Å². The summed E-state index contributed by atoms with van der Waals surface area (Å²) in [5, 5.41) is 12.2. The summed E-state index contributed by atoms with van der Waals surface area (Å²) in [6.45, 7) is 11.8. The van der Waals surface area contributed by atoms with Crippen molar-refractivity contribution in [3.05, 3.63) is 29.3 Å². The average Bonchev–Trinajstić information content (AvgIpc) is 2.19. The molecule has 0 atom stereocenters. The Kier molecular flexibility index (Phi) is 3.75. The SMILES string of the molecule is Cc1cc(C(C)(C)C)ccc1NC(C)(C)C(=O)O. The quantitative estimate of drug-likeness (QED) is 0.861. The van der Waals surface area contributed by atoms with Crippen LogP contribution in [-0.4, -0.2) is 16.6 Å². The molecule has 1 aromatic carbocycles. The smallest absolute Gasteiger partial charge is 0.328 e. The molecule has 0 aliphatic carbocycles. The predicted molar refractivity (Wildman–Crippen MR) is 75.2 cm³/mol. The first-order valence-electron chi connectivity index (χ1n) is 6.17. The second-order valence-corrected chi connectivity index (χ2v) is 6.33. The molecule has 0 fully saturated rings. The summed E-state index contributed by atoms with van der Waals surface area (Å²) in [5.74, 6) is -0.859. The zero-order valence-corrected chi connectivity index (χ0v) is 12.1. The van der Waals surface area contributed by atoms with Crippen molar-refractivity contribution < 1.29 is 9.90 Å². The minimum Gasteiger partial charge on any atom is -0.480 e. The summed E-state index contributed by atoms with van der Waals surface area (Å²) >= 11 is 0. The van der Waals surface area contributed by atoms with Gasteiger partial charge in [-0.15, -0.1) is 0 Å². The van der Waals surface area contributed by atoms with E-state index in [1.165, 1.54) is 5.56 Å². The van der Waals surface area contributed by atoms with Crippen LogP contribution in [0.4, 0.5) is 5.69 Å². The minimum atomic E-state index is -0.964. The van der Waals surface area contributed by atoms with Gasteiger partial charge in [-0.1, -0.05) is 32.9 Å². The van der Waals surface area contributed by atoms with Crippen LogP contribution in [0.5, 0.6) is 0 Å². The van der Waals surface area contributed by atoms with E-state index in [4.69, 9.17) is 5.11 Å². The topological polar surface area (TPSA) is 49.3 Å². The fourth-order valence-corrected chi connectivity index (χ4v) is 1.66. The number of carbonyl (C=O) groups is 1. The molecule has 0 spiro atoms. The fourth-order valence-electron chi connectivity index (χ4n) is 1.66. The third-order valence-electron chi connectivity index (χ3n) is 3.07. The number of anilines is 1. The van der Waals surface area contributed by atoms with Crippen LogP contribution in [0.3, 0.4) is 0 Å². The van der Waals surface area contributed by atoms with Gasteiger partial charge in [-0.25, -0.2) is 4.79 Å². The Balaban J connectivity index is 3.04. The lowest BCUT2D eigenvalue weighted by Gasteiger charge is -2.25. The van der Waals surface area contributed by atoms with Gasteiger partial charge in [-0.2, -0.15) is 0 Å². The van der Waals surface area contributed by atoms with Crippen LogP contribution < -0.4 is 5.32 Å². The minimum absolute atomic E-state index is 0.103. The van der Waals surface area contributed by atoms with Gasteiger partial charge in [0, 0.05) is 5.69 Å². The summed E-state index contributed by atoms with van der Waals surface area (Å²) in [6, 6.07) is 6.12. The molecule has 0 heterocycles. The third-order valence-corrected chi connectivity index (χ3v) is 3.07. The van der Waals surface area contributed by atoms with E-state index >= 15 is 0 Å². The molecule has 0 unspecified atom stereocenters. The molecule has 0 radical (unpaired) electrons. The maximum atomic E-state index is 11.1. The summed E-state index contributed by atoms with van der Waals surface area (Å²) in [6.07, 6.45) is 0. The lowest BCUT2D eigenvalue weighted by molar-refractivity contribution is -0.141. The van der Waals surface area contributed by atoms with E-state index < -0.39 is 11.5 Å². The molecule has 0 aromatic heterocycles. The van der Waals surface area contributed by atoms with Crippen LogP contribution in [0.2, 0.25) is 0 Å². The van der Waals surface area contributed by atoms with Gasteiger partial charge in [0.1, 0.15) is 5.54 Å². The van der Waals surface area contributed by atoms with Crippen LogP contribution in [0.25, 0.3) is 0 Å². The second-order valence-electron chi connectivity index (χ2n) is 6.33. The van der Waals surface area contributed by atoms with Gasteiger partial charge in [0.2, 0.25) is 0 Å². The molecule has 100 valence electrons. The molecule has 0 bridgehead atoms. The molecule has 0 aliphatic heterocycles. The molecule has 0 saturated heterocycles. The van der Waals surface area contributed by atoms with Crippen LogP contribution in [0.1, 0.15) is 45.7 Å². The monoisotopic (exact) mass is 249 g/mol. The molecule has 1 aromatic rings. The first-order chi connectivity index (χ1) is 8.04. The number of aliphatic carboxylic acids is 1. The van der Waals surface area contributed by atoms with E-state index in [1.807, 2.05) is 19.1 Å². The number of carboxylic acid groups (broad SMARTS) is 1. The van der Waals surface area contributed by atoms with E-state index in [9.17, 15) is 4.79 Å². The Labute approximate surface area is 109 Å². The van der Waals surface area contributed by atoms with Gasteiger partial charge in [0.05, 0.1) is 0 Å². The molecule has 0 saturated carbocycles. The van der Waals surface area contributed by atoms with Crippen molar-refractivity contribution in [2.45, 2.75) is 52.5 Å². The van der Waals surface area contributed by atoms with Gasteiger partial charge in [0.15, 0.2) is 0 Å². The highest BCUT2D eigenvalue weighted by Gasteiger charge is 2.27. The molecule has 3 nitrogen and oxygen atoms in total. The van der Waals surface area contributed by atoms with E-state index in [-0.39, 0.29) is 5.41 Å². The summed E-state index contributed by atoms with van der Waals surface area (Å²) in [4.78, 5) is 11.1. The molecule has 0 aliphatic rings. The average molecular weight is 249 g/mol. The zero-order valence-electron chi connectivity index (χ0n) is 12.1. The first-order valence-corrected chi connectivity index (χ1v) is 6.17. The van der Waals surface area contributed by atoms with E-state index in [1.54, 1.807) is 13.8 Å². The lowest BCUT2D eigenvalue weighted by atomic mass is 9.86. The van der Waals surface area contributed by atoms with Crippen molar-refractivity contribution in [2.75, 3.05) is 5.32 Å². The second kappa shape index (κ2) is 4.63. The number of hydrogen-bond acceptors (Lipinski definition) is 2. The summed E-state index contributed by atoms with van der Waals surface area (Å²) in [5.41, 5.74) is 2.32. The molecule has 3 heteroatoms. The maximum Gasteiger partial charge on any atom is 0.328 e. The Morgan fingerprint density at radius 2 is 1.72 bits per heavy atom. The highest BCUT2D eigenvalue weighted by molar-refractivity contribution is 5.82. The molecule has 18 heavy (non-hydrogen) atoms. The van der Waals surface area contributed by atoms with Crippen molar-refractivity contribution in [1.29, 1.82) is 0 Å². The van der Waals surface area contributed by atoms with Crippen LogP contribution in [0, 0.1) is 6.92 Å². The van der Waals surface area contributed by atoms with E-state index in [0.29, 0.717) is 0 Å². The largest absolute Gasteiger partial charge is 0.480 e. The number of benzene rings is 1. The lowest BCUT2D eigenvalue weighted by Crippen LogP contribution is -2.40. The molecular weight excluding hydrogens is 226 g/mol. The zero-order chi connectivity index (χ0) is 14.1. The van der Waals surface area contributed by atoms with Crippen molar-refractivity contribution in [1.82, 2.24) is 0 Å². The number of rotatable bonds is 3. The highest BCUT2D eigenvalue weighted by atomic mass is 16.4. The van der Waals surface area contributed by atoms with E-state index in [0.717, 1.165) is 11.3 Å². The molecule has 0 amide bonds. The Morgan fingerprint density at radius 1 is 1.17 bits per heavy atom. The van der Waals surface area contributed by atoms with Gasteiger partial charge in [0.25, 0.3) is 0 Å². The predicted octanol–water partition coefficient (Wildman–Crippen LogP) is 3.57. The van der Waals surface area contributed by atoms with Crippen LogP contribution >= 0.6 is 0 Å². The van der Waals surface area contributed by atoms with Crippen LogP contribution in [-0.2, 0) is 10.2 Å². The number of nitrogens with one attached hydrogen (secondary N) is 1. The molecule has 1 rings (SSSR count). The summed E-state index contributed by atoms with van der Waals surface area (Å²) in [7, 11) is 0. The summed E-state index contributed by atoms with van der Waals surface area (Å²) < 4.78 is 0. The molecule has 2 N–H and O–H groups in total. The van der Waals surface area contributed by atoms with E-state index in [2.05, 4.69) is 32.2 Å². The van der Waals surface area contributed by atoms with Crippen molar-refractivity contribution in [3.8, 4) is 0 Å². The van der Waals surface area contributed by atoms with Gasteiger partial charge >= 0.3 is 5.97 Å². The third kappa shape index (κ3) is 3.25. The maximum absolute atomic E-state index is 11.1. The molecular formula is C15H23NO2. The Bertz CT molecular complexity index is 456. The number of carboxylic acids is 1. The Hall–Kier alpha value is -1.51.